The molecule has 1 aromatic carbocycles. The summed E-state index contributed by atoms with van der Waals surface area (Å²) in [6, 6.07) is 1.11. The van der Waals surface area contributed by atoms with Crippen LogP contribution in [0.4, 0.5) is 43.8 Å². The van der Waals surface area contributed by atoms with Gasteiger partial charge in [0.25, 0.3) is 0 Å². The van der Waals surface area contributed by atoms with Gasteiger partial charge in [-0.25, -0.2) is 4.98 Å². The normalized spacial score (nSPS) is 21.6. The fraction of sp³-hybridized carbons (Fsp3) is 0.545. The Morgan fingerprint density at radius 3 is 2.09 bits per heavy atom. The van der Waals surface area contributed by atoms with Crippen LogP contribution in [0.25, 0.3) is 0 Å². The van der Waals surface area contributed by atoms with E-state index >= 15 is 0 Å². The Morgan fingerprint density at radius 2 is 1.57 bits per heavy atom. The summed E-state index contributed by atoms with van der Waals surface area (Å²) in [5.74, 6) is -1.34. The first-order valence-electron chi connectivity index (χ1n) is 11.1. The molecule has 2 aromatic rings. The number of aromatic nitrogens is 2. The molecule has 1 saturated heterocycles. The van der Waals surface area contributed by atoms with Crippen LogP contribution >= 0.6 is 0 Å². The lowest BCUT2D eigenvalue weighted by Gasteiger charge is -2.43. The highest BCUT2D eigenvalue weighted by molar-refractivity contribution is 5.76. The van der Waals surface area contributed by atoms with Gasteiger partial charge in [0.05, 0.1) is 23.0 Å². The van der Waals surface area contributed by atoms with Crippen molar-refractivity contribution in [3.63, 3.8) is 0 Å². The van der Waals surface area contributed by atoms with Gasteiger partial charge in [-0.2, -0.15) is 31.3 Å². The summed E-state index contributed by atoms with van der Waals surface area (Å²) in [6.45, 7) is 6.94. The molecule has 35 heavy (non-hydrogen) atoms. The highest BCUT2D eigenvalue weighted by Gasteiger charge is 2.49. The van der Waals surface area contributed by atoms with E-state index in [9.17, 15) is 26.3 Å². The van der Waals surface area contributed by atoms with E-state index in [1.54, 1.807) is 4.90 Å². The van der Waals surface area contributed by atoms with Crippen molar-refractivity contribution in [3.05, 3.63) is 41.1 Å². The highest BCUT2D eigenvalue weighted by atomic mass is 19.4. The summed E-state index contributed by atoms with van der Waals surface area (Å²) in [6.07, 6.45) is -7.44. The van der Waals surface area contributed by atoms with Crippen LogP contribution in [-0.4, -0.2) is 34.6 Å². The standard InChI is InChI=1S/C22H27F6N7/c1-19(2,3)34-18-31-11-16-17(32-18)35(15-4-6-30-7-5-15)22(29,33-16)14-9-12(20(23,24)25)8-13(10-14)21(26,27)28/h8-11,15,30,33H,4-7,29H2,1-3H3,(H,31,32,34). The van der Waals surface area contributed by atoms with Gasteiger partial charge in [-0.1, -0.05) is 0 Å². The van der Waals surface area contributed by atoms with E-state index < -0.39 is 29.3 Å². The van der Waals surface area contributed by atoms with Crippen LogP contribution in [0.5, 0.6) is 0 Å². The molecule has 1 aromatic heterocycles. The molecule has 1 unspecified atom stereocenters. The largest absolute Gasteiger partial charge is 0.416 e. The van der Waals surface area contributed by atoms with Crippen LogP contribution in [-0.2, 0) is 18.1 Å². The minimum absolute atomic E-state index is 0.0922. The summed E-state index contributed by atoms with van der Waals surface area (Å²) >= 11 is 0. The maximum absolute atomic E-state index is 13.6. The Balaban J connectivity index is 1.88. The van der Waals surface area contributed by atoms with Gasteiger partial charge in [-0.15, -0.1) is 0 Å². The number of nitrogens with one attached hydrogen (secondary N) is 3. The number of halogens is 6. The predicted octanol–water partition coefficient (Wildman–Crippen LogP) is 4.48. The lowest BCUT2D eigenvalue weighted by Crippen LogP contribution is -2.61. The minimum atomic E-state index is -5.00. The van der Waals surface area contributed by atoms with Crippen molar-refractivity contribution in [1.29, 1.82) is 0 Å². The second-order valence-corrected chi connectivity index (χ2v) is 9.84. The lowest BCUT2D eigenvalue weighted by atomic mass is 9.96. The van der Waals surface area contributed by atoms with Crippen LogP contribution in [0, 0.1) is 0 Å². The van der Waals surface area contributed by atoms with Crippen molar-refractivity contribution >= 4 is 17.5 Å². The van der Waals surface area contributed by atoms with Gasteiger partial charge in [0.15, 0.2) is 11.6 Å². The summed E-state index contributed by atoms with van der Waals surface area (Å²) in [4.78, 5) is 10.4. The van der Waals surface area contributed by atoms with Crippen LogP contribution in [0.3, 0.4) is 0 Å². The van der Waals surface area contributed by atoms with Gasteiger partial charge in [0.1, 0.15) is 0 Å². The lowest BCUT2D eigenvalue weighted by molar-refractivity contribution is -0.143. The van der Waals surface area contributed by atoms with Crippen molar-refractivity contribution in [3.8, 4) is 0 Å². The molecule has 3 heterocycles. The molecule has 0 radical (unpaired) electrons. The van der Waals surface area contributed by atoms with Gasteiger partial charge >= 0.3 is 12.4 Å². The molecular formula is C22H27F6N7. The molecule has 0 aliphatic carbocycles. The van der Waals surface area contributed by atoms with Gasteiger partial charge < -0.3 is 20.9 Å². The fourth-order valence-corrected chi connectivity index (χ4v) is 4.38. The predicted molar refractivity (Wildman–Crippen MR) is 120 cm³/mol. The van der Waals surface area contributed by atoms with Crippen LogP contribution in [0.1, 0.15) is 50.3 Å². The van der Waals surface area contributed by atoms with Crippen LogP contribution in [0.2, 0.25) is 0 Å². The van der Waals surface area contributed by atoms with E-state index in [0.29, 0.717) is 49.6 Å². The maximum atomic E-state index is 13.6. The Kier molecular flexibility index (Phi) is 6.07. The number of benzene rings is 1. The Hall–Kier alpha value is -2.80. The average Bonchev–Trinajstić information content (AvgIpc) is 3.04. The number of piperidine rings is 1. The summed E-state index contributed by atoms with van der Waals surface area (Å²) < 4.78 is 81.6. The van der Waals surface area contributed by atoms with E-state index in [1.165, 1.54) is 6.20 Å². The number of nitrogens with two attached hydrogens (primary N) is 1. The average molecular weight is 503 g/mol. The second-order valence-electron chi connectivity index (χ2n) is 9.84. The molecule has 0 saturated carbocycles. The van der Waals surface area contributed by atoms with E-state index in [4.69, 9.17) is 5.73 Å². The molecule has 2 aliphatic heterocycles. The topological polar surface area (TPSA) is 91.1 Å². The molecule has 2 aliphatic rings. The zero-order chi connectivity index (χ0) is 25.8. The number of anilines is 3. The molecule has 5 N–H and O–H groups in total. The number of alkyl halides is 6. The number of hydrogen-bond donors (Lipinski definition) is 4. The Labute approximate surface area is 198 Å². The molecule has 1 fully saturated rings. The minimum Gasteiger partial charge on any atom is -0.350 e. The number of fused-ring (bicyclic) bond motifs is 1. The van der Waals surface area contributed by atoms with Gasteiger partial charge in [0.2, 0.25) is 5.95 Å². The molecule has 192 valence electrons. The van der Waals surface area contributed by atoms with Crippen molar-refractivity contribution in [1.82, 2.24) is 15.3 Å². The van der Waals surface area contributed by atoms with Gasteiger partial charge in [-0.05, 0) is 64.9 Å². The van der Waals surface area contributed by atoms with Crippen molar-refractivity contribution in [2.45, 2.75) is 63.3 Å². The third kappa shape index (κ3) is 5.10. The second kappa shape index (κ2) is 8.40. The van der Waals surface area contributed by atoms with Crippen molar-refractivity contribution in [2.24, 2.45) is 5.73 Å². The number of hydrogen-bond acceptors (Lipinski definition) is 7. The molecule has 7 nitrogen and oxygen atoms in total. The quantitative estimate of drug-likeness (QED) is 0.460. The highest BCUT2D eigenvalue weighted by Crippen LogP contribution is 2.46. The molecule has 1 atom stereocenters. The van der Waals surface area contributed by atoms with Crippen molar-refractivity contribution in [2.75, 3.05) is 28.6 Å². The number of nitrogens with zero attached hydrogens (tertiary/aromatic N) is 3. The maximum Gasteiger partial charge on any atom is 0.416 e. The molecular weight excluding hydrogens is 476 g/mol. The first kappa shape index (κ1) is 25.3. The van der Waals surface area contributed by atoms with E-state index in [0.717, 1.165) is 0 Å². The smallest absolute Gasteiger partial charge is 0.350 e. The summed E-state index contributed by atoms with van der Waals surface area (Å²) in [5, 5.41) is 9.25. The first-order valence-corrected chi connectivity index (χ1v) is 11.1. The third-order valence-electron chi connectivity index (χ3n) is 5.89. The van der Waals surface area contributed by atoms with Crippen LogP contribution < -0.4 is 26.6 Å². The monoisotopic (exact) mass is 503 g/mol. The van der Waals surface area contributed by atoms with Gasteiger partial charge in [0, 0.05) is 17.1 Å². The molecule has 4 rings (SSSR count). The molecule has 0 spiro atoms. The Morgan fingerprint density at radius 1 is 1.00 bits per heavy atom. The molecule has 0 bridgehead atoms. The van der Waals surface area contributed by atoms with Gasteiger partial charge in [-0.3, -0.25) is 5.73 Å². The van der Waals surface area contributed by atoms with E-state index in [-0.39, 0.29) is 29.2 Å². The third-order valence-corrected chi connectivity index (χ3v) is 5.89. The van der Waals surface area contributed by atoms with E-state index in [1.807, 2.05) is 20.8 Å². The zero-order valence-corrected chi connectivity index (χ0v) is 19.4. The van der Waals surface area contributed by atoms with Crippen molar-refractivity contribution < 1.29 is 26.3 Å². The first-order chi connectivity index (χ1) is 16.1. The van der Waals surface area contributed by atoms with Crippen LogP contribution in [0.15, 0.2) is 24.4 Å². The summed E-state index contributed by atoms with van der Waals surface area (Å²) in [7, 11) is 0. The summed E-state index contributed by atoms with van der Waals surface area (Å²) in [5.41, 5.74) is 3.37. The molecule has 13 heteroatoms. The SMILES string of the molecule is CC(C)(C)Nc1ncc2c(n1)N(C1CCNCC1)C(N)(c1cc(C(F)(F)F)cc(C(F)(F)F)c1)N2. The molecule has 0 amide bonds. The number of rotatable bonds is 3. The Bertz CT molecular complexity index is 1060. The zero-order valence-electron chi connectivity index (χ0n) is 19.4. The van der Waals surface area contributed by atoms with E-state index in [2.05, 4.69) is 25.9 Å². The fourth-order valence-electron chi connectivity index (χ4n) is 4.38.